The van der Waals surface area contributed by atoms with Crippen LogP contribution in [-0.4, -0.2) is 12.1 Å². The van der Waals surface area contributed by atoms with Crippen LogP contribution >= 0.6 is 11.3 Å². The van der Waals surface area contributed by atoms with Crippen LogP contribution in [0.5, 0.6) is 5.75 Å². The molecule has 1 heterocycles. The smallest absolute Gasteiger partial charge is 0.181 e. The van der Waals surface area contributed by atoms with Crippen molar-refractivity contribution < 1.29 is 4.74 Å². The fourth-order valence-corrected chi connectivity index (χ4v) is 1.96. The van der Waals surface area contributed by atoms with E-state index in [1.54, 1.807) is 19.2 Å². The summed E-state index contributed by atoms with van der Waals surface area (Å²) in [5.74, 6) is 0.706. The van der Waals surface area contributed by atoms with Gasteiger partial charge in [0.05, 0.1) is 17.5 Å². The van der Waals surface area contributed by atoms with E-state index in [0.717, 1.165) is 10.2 Å². The number of ether oxygens (including phenoxy) is 1. The molecule has 1 aromatic heterocycles. The highest BCUT2D eigenvalue weighted by Gasteiger charge is 2.09. The molecule has 0 aliphatic heterocycles. The van der Waals surface area contributed by atoms with Crippen molar-refractivity contribution in [2.45, 2.75) is 0 Å². The van der Waals surface area contributed by atoms with Crippen LogP contribution in [-0.2, 0) is 0 Å². The summed E-state index contributed by atoms with van der Waals surface area (Å²) in [6, 6.07) is 3.58. The van der Waals surface area contributed by atoms with Crippen molar-refractivity contribution in [3.8, 4) is 5.75 Å². The molecule has 0 aliphatic rings. The second-order valence-corrected chi connectivity index (χ2v) is 3.62. The van der Waals surface area contributed by atoms with Gasteiger partial charge in [0.15, 0.2) is 5.13 Å². The minimum absolute atomic E-state index is 0.506. The van der Waals surface area contributed by atoms with Crippen LogP contribution in [0.15, 0.2) is 12.1 Å². The molecular formula is C8H9N3OS. The lowest BCUT2D eigenvalue weighted by Crippen LogP contribution is -1.88. The Morgan fingerprint density at radius 1 is 1.38 bits per heavy atom. The Kier molecular flexibility index (Phi) is 1.73. The summed E-state index contributed by atoms with van der Waals surface area (Å²) in [5, 5.41) is 0.506. The number of aromatic nitrogens is 1. The lowest BCUT2D eigenvalue weighted by Gasteiger charge is -2.00. The molecule has 4 N–H and O–H groups in total. The Morgan fingerprint density at radius 2 is 2.15 bits per heavy atom. The van der Waals surface area contributed by atoms with Crippen molar-refractivity contribution in [2.75, 3.05) is 18.6 Å². The van der Waals surface area contributed by atoms with Gasteiger partial charge >= 0.3 is 0 Å². The van der Waals surface area contributed by atoms with Crippen molar-refractivity contribution in [1.29, 1.82) is 0 Å². The Bertz CT molecular complexity index is 452. The zero-order valence-electron chi connectivity index (χ0n) is 7.07. The minimum Gasteiger partial charge on any atom is -0.494 e. The van der Waals surface area contributed by atoms with E-state index in [2.05, 4.69) is 4.98 Å². The van der Waals surface area contributed by atoms with Gasteiger partial charge in [0.1, 0.15) is 11.3 Å². The zero-order valence-corrected chi connectivity index (χ0v) is 7.89. The van der Waals surface area contributed by atoms with Crippen LogP contribution in [0.4, 0.5) is 10.8 Å². The van der Waals surface area contributed by atoms with E-state index < -0.39 is 0 Å². The Labute approximate surface area is 79.1 Å². The largest absolute Gasteiger partial charge is 0.494 e. The summed E-state index contributed by atoms with van der Waals surface area (Å²) in [5.41, 5.74) is 12.8. The molecule has 1 aromatic carbocycles. The summed E-state index contributed by atoms with van der Waals surface area (Å²) in [7, 11) is 1.60. The van der Waals surface area contributed by atoms with E-state index in [4.69, 9.17) is 16.2 Å². The second kappa shape index (κ2) is 2.77. The van der Waals surface area contributed by atoms with Gasteiger partial charge in [0.2, 0.25) is 0 Å². The van der Waals surface area contributed by atoms with Crippen molar-refractivity contribution in [1.82, 2.24) is 4.98 Å². The molecule has 0 radical (unpaired) electrons. The molecule has 0 unspecified atom stereocenters. The van der Waals surface area contributed by atoms with Crippen LogP contribution in [0.2, 0.25) is 0 Å². The summed E-state index contributed by atoms with van der Waals surface area (Å²) in [6.07, 6.45) is 0. The molecule has 0 bridgehead atoms. The maximum atomic E-state index is 5.75. The first-order valence-electron chi connectivity index (χ1n) is 3.71. The van der Waals surface area contributed by atoms with Gasteiger partial charge < -0.3 is 16.2 Å². The quantitative estimate of drug-likeness (QED) is 0.676. The topological polar surface area (TPSA) is 74.2 Å². The monoisotopic (exact) mass is 195 g/mol. The van der Waals surface area contributed by atoms with Crippen molar-refractivity contribution in [3.63, 3.8) is 0 Å². The van der Waals surface area contributed by atoms with Gasteiger partial charge in [-0.05, 0) is 12.1 Å². The number of anilines is 2. The molecule has 0 aliphatic carbocycles. The standard InChI is InChI=1S/C8H9N3OS/c1-12-5-3-2-4(9)7-6(5)11-8(10)13-7/h2-3H,9H2,1H3,(H2,10,11). The Hall–Kier alpha value is -1.49. The minimum atomic E-state index is 0.506. The molecule has 0 saturated heterocycles. The Morgan fingerprint density at radius 3 is 2.85 bits per heavy atom. The number of methoxy groups -OCH3 is 1. The molecule has 68 valence electrons. The average molecular weight is 195 g/mol. The lowest BCUT2D eigenvalue weighted by molar-refractivity contribution is 0.419. The third-order valence-electron chi connectivity index (χ3n) is 1.77. The first kappa shape index (κ1) is 8.12. The third-order valence-corrected chi connectivity index (χ3v) is 2.71. The maximum Gasteiger partial charge on any atom is 0.181 e. The highest BCUT2D eigenvalue weighted by molar-refractivity contribution is 7.22. The number of fused-ring (bicyclic) bond motifs is 1. The highest BCUT2D eigenvalue weighted by Crippen LogP contribution is 2.34. The summed E-state index contributed by atoms with van der Waals surface area (Å²) in [4.78, 5) is 4.14. The first-order chi connectivity index (χ1) is 6.22. The number of thiazole rings is 1. The van der Waals surface area contributed by atoms with Crippen LogP contribution in [0.3, 0.4) is 0 Å². The molecule has 0 atom stereocenters. The predicted molar refractivity (Wildman–Crippen MR) is 55.0 cm³/mol. The first-order valence-corrected chi connectivity index (χ1v) is 4.52. The van der Waals surface area contributed by atoms with Gasteiger partial charge in [0.25, 0.3) is 0 Å². The fraction of sp³-hybridized carbons (Fsp3) is 0.125. The van der Waals surface area contributed by atoms with Crippen LogP contribution in [0.1, 0.15) is 0 Å². The molecule has 13 heavy (non-hydrogen) atoms. The van der Waals surface area contributed by atoms with Gasteiger partial charge in [-0.1, -0.05) is 11.3 Å². The molecule has 0 amide bonds. The molecule has 2 rings (SSSR count). The molecule has 0 saturated carbocycles. The van der Waals surface area contributed by atoms with Crippen molar-refractivity contribution >= 4 is 32.4 Å². The van der Waals surface area contributed by atoms with E-state index in [-0.39, 0.29) is 0 Å². The van der Waals surface area contributed by atoms with Crippen LogP contribution < -0.4 is 16.2 Å². The summed E-state index contributed by atoms with van der Waals surface area (Å²) >= 11 is 1.37. The number of benzene rings is 1. The molecule has 0 fully saturated rings. The fourth-order valence-electron chi connectivity index (χ4n) is 1.18. The van der Waals surface area contributed by atoms with E-state index in [1.807, 2.05) is 0 Å². The Balaban J connectivity index is 2.83. The number of hydrogen-bond donors (Lipinski definition) is 2. The average Bonchev–Trinajstić information content (AvgIpc) is 2.48. The molecule has 5 heteroatoms. The van der Waals surface area contributed by atoms with Crippen LogP contribution in [0.25, 0.3) is 10.2 Å². The van der Waals surface area contributed by atoms with Crippen molar-refractivity contribution in [3.05, 3.63) is 12.1 Å². The van der Waals surface area contributed by atoms with Gasteiger partial charge in [-0.25, -0.2) is 4.98 Å². The second-order valence-electron chi connectivity index (χ2n) is 2.59. The molecular weight excluding hydrogens is 186 g/mol. The number of hydrogen-bond acceptors (Lipinski definition) is 5. The number of rotatable bonds is 1. The molecule has 2 aromatic rings. The normalized spacial score (nSPS) is 10.5. The maximum absolute atomic E-state index is 5.75. The third kappa shape index (κ3) is 1.17. The predicted octanol–water partition coefficient (Wildman–Crippen LogP) is 1.47. The summed E-state index contributed by atoms with van der Waals surface area (Å²) < 4.78 is 6.01. The number of nitrogens with two attached hydrogens (primary N) is 2. The van der Waals surface area contributed by atoms with E-state index in [9.17, 15) is 0 Å². The molecule has 4 nitrogen and oxygen atoms in total. The van der Waals surface area contributed by atoms with E-state index >= 15 is 0 Å². The van der Waals surface area contributed by atoms with E-state index in [1.165, 1.54) is 11.3 Å². The lowest BCUT2D eigenvalue weighted by atomic mass is 10.3. The number of nitrogen functional groups attached to an aromatic ring is 2. The van der Waals surface area contributed by atoms with Crippen molar-refractivity contribution in [2.24, 2.45) is 0 Å². The van der Waals surface area contributed by atoms with Gasteiger partial charge in [0, 0.05) is 0 Å². The van der Waals surface area contributed by atoms with Gasteiger partial charge in [-0.2, -0.15) is 0 Å². The zero-order chi connectivity index (χ0) is 9.42. The van der Waals surface area contributed by atoms with Gasteiger partial charge in [-0.15, -0.1) is 0 Å². The van der Waals surface area contributed by atoms with Gasteiger partial charge in [-0.3, -0.25) is 0 Å². The SMILES string of the molecule is COc1ccc(N)c2sc(N)nc12. The highest BCUT2D eigenvalue weighted by atomic mass is 32.1. The van der Waals surface area contributed by atoms with E-state index in [0.29, 0.717) is 16.6 Å². The molecule has 0 spiro atoms. The van der Waals surface area contributed by atoms with Crippen LogP contribution in [0, 0.1) is 0 Å². The number of nitrogens with zero attached hydrogens (tertiary/aromatic N) is 1. The summed E-state index contributed by atoms with van der Waals surface area (Å²) in [6.45, 7) is 0.